The lowest BCUT2D eigenvalue weighted by atomic mass is 10.8. The molecule has 0 bridgehead atoms. The zero-order valence-electron chi connectivity index (χ0n) is 5.12. The highest BCUT2D eigenvalue weighted by molar-refractivity contribution is 5.76. The number of carbonyl (C=O) groups excluding carboxylic acids is 2. The molecule has 0 unspecified atom stereocenters. The average molecular weight is 130 g/mol. The maximum atomic E-state index is 10.1. The van der Waals surface area contributed by atoms with Gasteiger partial charge in [0.25, 0.3) is 5.91 Å². The Balaban J connectivity index is 3.71. The van der Waals surface area contributed by atoms with E-state index in [1.165, 1.54) is 6.92 Å². The molecule has 5 nitrogen and oxygen atoms in total. The lowest BCUT2D eigenvalue weighted by Crippen LogP contribution is -1.91. The Hall–Kier alpha value is -1.26. The van der Waals surface area contributed by atoms with Gasteiger partial charge < -0.3 is 4.74 Å². The van der Waals surface area contributed by atoms with E-state index >= 15 is 0 Å². The maximum absolute atomic E-state index is 10.1. The van der Waals surface area contributed by atoms with E-state index in [1.54, 1.807) is 0 Å². The molecule has 2 amide bonds. The van der Waals surface area contributed by atoms with E-state index in [2.05, 4.69) is 15.0 Å². The first-order valence-electron chi connectivity index (χ1n) is 2.17. The second-order valence-corrected chi connectivity index (χ2v) is 1.19. The Morgan fingerprint density at radius 2 is 1.89 bits per heavy atom. The number of azo groups is 1. The first-order valence-corrected chi connectivity index (χ1v) is 2.17. The molecule has 0 aliphatic heterocycles. The van der Waals surface area contributed by atoms with Gasteiger partial charge in [0.15, 0.2) is 0 Å². The van der Waals surface area contributed by atoms with Crippen LogP contribution < -0.4 is 0 Å². The summed E-state index contributed by atoms with van der Waals surface area (Å²) < 4.78 is 4.05. The summed E-state index contributed by atoms with van der Waals surface area (Å²) in [7, 11) is 1.15. The SMILES string of the molecule is COC(=O)/N=N/C(C)=O. The Kier molecular flexibility index (Phi) is 3.19. The van der Waals surface area contributed by atoms with Crippen molar-refractivity contribution < 1.29 is 14.3 Å². The van der Waals surface area contributed by atoms with E-state index in [4.69, 9.17) is 0 Å². The Bertz CT molecular complexity index is 152. The van der Waals surface area contributed by atoms with Gasteiger partial charge in [-0.25, -0.2) is 4.79 Å². The summed E-state index contributed by atoms with van der Waals surface area (Å²) in [6, 6.07) is 0. The number of amides is 2. The summed E-state index contributed by atoms with van der Waals surface area (Å²) in [5, 5.41) is 5.76. The molecular weight excluding hydrogens is 124 g/mol. The van der Waals surface area contributed by atoms with Crippen LogP contribution in [0.25, 0.3) is 0 Å². The number of rotatable bonds is 0. The van der Waals surface area contributed by atoms with Crippen LogP contribution in [0.15, 0.2) is 10.2 Å². The van der Waals surface area contributed by atoms with Crippen molar-refractivity contribution in [3.8, 4) is 0 Å². The minimum Gasteiger partial charge on any atom is -0.450 e. The zero-order chi connectivity index (χ0) is 7.28. The van der Waals surface area contributed by atoms with Gasteiger partial charge in [-0.1, -0.05) is 5.11 Å². The van der Waals surface area contributed by atoms with Crippen molar-refractivity contribution in [2.75, 3.05) is 7.11 Å². The van der Waals surface area contributed by atoms with Crippen LogP contribution in [0.1, 0.15) is 6.92 Å². The van der Waals surface area contributed by atoms with Crippen LogP contribution in [-0.4, -0.2) is 19.1 Å². The molecule has 0 saturated carbocycles. The number of carbonyl (C=O) groups is 2. The minimum absolute atomic E-state index is 0.527. The highest BCUT2D eigenvalue weighted by atomic mass is 16.5. The monoisotopic (exact) mass is 130 g/mol. The van der Waals surface area contributed by atoms with Gasteiger partial charge in [-0.05, 0) is 0 Å². The summed E-state index contributed by atoms with van der Waals surface area (Å²) in [4.78, 5) is 20.1. The van der Waals surface area contributed by atoms with Crippen LogP contribution in [-0.2, 0) is 9.53 Å². The van der Waals surface area contributed by atoms with Gasteiger partial charge >= 0.3 is 6.09 Å². The number of nitrogens with zero attached hydrogens (tertiary/aromatic N) is 2. The Morgan fingerprint density at radius 1 is 1.33 bits per heavy atom. The molecule has 5 heteroatoms. The lowest BCUT2D eigenvalue weighted by Gasteiger charge is -1.83. The molecule has 0 fully saturated rings. The Labute approximate surface area is 51.7 Å². The summed E-state index contributed by atoms with van der Waals surface area (Å²) in [5.41, 5.74) is 0. The molecular formula is C4H6N2O3. The standard InChI is InChI=1S/C4H6N2O3/c1-3(7)5-6-4(8)9-2/h1-2H3/b6-5+. The molecule has 0 heterocycles. The van der Waals surface area contributed by atoms with Crippen molar-refractivity contribution in [1.29, 1.82) is 0 Å². The largest absolute Gasteiger partial charge is 0.452 e. The Morgan fingerprint density at radius 3 is 2.22 bits per heavy atom. The van der Waals surface area contributed by atoms with Gasteiger partial charge in [0, 0.05) is 6.92 Å². The fraction of sp³-hybridized carbons (Fsp3) is 0.500. The third kappa shape index (κ3) is 4.60. The van der Waals surface area contributed by atoms with E-state index in [-0.39, 0.29) is 0 Å². The van der Waals surface area contributed by atoms with E-state index in [0.29, 0.717) is 0 Å². The average Bonchev–Trinajstić information content (AvgIpc) is 1.83. The first kappa shape index (κ1) is 7.74. The van der Waals surface area contributed by atoms with E-state index in [9.17, 15) is 9.59 Å². The van der Waals surface area contributed by atoms with Gasteiger partial charge in [-0.2, -0.15) is 0 Å². The molecule has 0 atom stereocenters. The summed E-state index contributed by atoms with van der Waals surface area (Å²) in [6.07, 6.45) is -0.870. The molecule has 0 aromatic carbocycles. The van der Waals surface area contributed by atoms with Crippen LogP contribution in [0, 0.1) is 0 Å². The van der Waals surface area contributed by atoms with Crippen molar-refractivity contribution >= 4 is 12.0 Å². The van der Waals surface area contributed by atoms with Crippen LogP contribution >= 0.6 is 0 Å². The number of methoxy groups -OCH3 is 1. The zero-order valence-corrected chi connectivity index (χ0v) is 5.12. The van der Waals surface area contributed by atoms with Crippen LogP contribution in [0.2, 0.25) is 0 Å². The van der Waals surface area contributed by atoms with Crippen LogP contribution in [0.3, 0.4) is 0 Å². The van der Waals surface area contributed by atoms with Gasteiger partial charge in [0.1, 0.15) is 0 Å². The molecule has 0 N–H and O–H groups in total. The van der Waals surface area contributed by atoms with Gasteiger partial charge in [0.2, 0.25) is 0 Å². The van der Waals surface area contributed by atoms with Gasteiger partial charge in [-0.15, -0.1) is 5.11 Å². The minimum atomic E-state index is -0.870. The second kappa shape index (κ2) is 3.71. The topological polar surface area (TPSA) is 68.1 Å². The van der Waals surface area contributed by atoms with Gasteiger partial charge in [0.05, 0.1) is 7.11 Å². The third-order valence-electron chi connectivity index (χ3n) is 0.447. The number of hydrogen-bond acceptors (Lipinski definition) is 3. The predicted molar refractivity (Wildman–Crippen MR) is 27.9 cm³/mol. The molecule has 0 aromatic heterocycles. The van der Waals surface area contributed by atoms with E-state index < -0.39 is 12.0 Å². The van der Waals surface area contributed by atoms with Gasteiger partial charge in [-0.3, -0.25) is 4.79 Å². The molecule has 0 aliphatic rings. The highest BCUT2D eigenvalue weighted by Gasteiger charge is 1.93. The van der Waals surface area contributed by atoms with Crippen LogP contribution in [0.5, 0.6) is 0 Å². The molecule has 0 rings (SSSR count). The third-order valence-corrected chi connectivity index (χ3v) is 0.447. The number of ether oxygens (including phenoxy) is 1. The smallest absolute Gasteiger partial charge is 0.450 e. The molecule has 50 valence electrons. The molecule has 0 aromatic rings. The lowest BCUT2D eigenvalue weighted by molar-refractivity contribution is -0.116. The van der Waals surface area contributed by atoms with Crippen molar-refractivity contribution in [3.63, 3.8) is 0 Å². The number of hydrogen-bond donors (Lipinski definition) is 0. The first-order chi connectivity index (χ1) is 4.16. The predicted octanol–water partition coefficient (Wildman–Crippen LogP) is 0.752. The summed E-state index contributed by atoms with van der Waals surface area (Å²) >= 11 is 0. The van der Waals surface area contributed by atoms with Crippen molar-refractivity contribution in [3.05, 3.63) is 0 Å². The van der Waals surface area contributed by atoms with Crippen molar-refractivity contribution in [2.45, 2.75) is 6.92 Å². The van der Waals surface area contributed by atoms with Crippen molar-refractivity contribution in [1.82, 2.24) is 0 Å². The fourth-order valence-electron chi connectivity index (χ4n) is 0.152. The van der Waals surface area contributed by atoms with Crippen LogP contribution in [0.4, 0.5) is 4.79 Å². The normalized spacial score (nSPS) is 9.56. The molecule has 0 radical (unpaired) electrons. The second-order valence-electron chi connectivity index (χ2n) is 1.19. The molecule has 0 spiro atoms. The molecule has 9 heavy (non-hydrogen) atoms. The molecule has 0 saturated heterocycles. The highest BCUT2D eigenvalue weighted by Crippen LogP contribution is 1.81. The van der Waals surface area contributed by atoms with E-state index in [0.717, 1.165) is 7.11 Å². The van der Waals surface area contributed by atoms with Crippen molar-refractivity contribution in [2.24, 2.45) is 10.2 Å². The fourth-order valence-corrected chi connectivity index (χ4v) is 0.152. The molecule has 0 aliphatic carbocycles. The summed E-state index contributed by atoms with van der Waals surface area (Å²) in [6.45, 7) is 1.19. The maximum Gasteiger partial charge on any atom is 0.452 e. The summed E-state index contributed by atoms with van der Waals surface area (Å²) in [5.74, 6) is -0.527. The quantitative estimate of drug-likeness (QED) is 0.454. The van der Waals surface area contributed by atoms with E-state index in [1.807, 2.05) is 0 Å².